The molecule has 0 amide bonds. The molecular weight excluding hydrogens is 386 g/mol. The molecule has 0 nitrogen and oxygen atoms in total. The van der Waals surface area contributed by atoms with Gasteiger partial charge in [-0.3, -0.25) is 0 Å². The van der Waals surface area contributed by atoms with Crippen LogP contribution in [0.25, 0.3) is 0 Å². The monoisotopic (exact) mass is 390 g/mol. The van der Waals surface area contributed by atoms with Crippen molar-refractivity contribution in [2.24, 2.45) is 0 Å². The van der Waals surface area contributed by atoms with Crippen molar-refractivity contribution >= 4 is 47.8 Å². The van der Waals surface area contributed by atoms with Crippen LogP contribution in [0, 0.1) is 0 Å². The maximum absolute atomic E-state index is 13.2. The molecule has 0 saturated carbocycles. The Morgan fingerprint density at radius 2 is 1.71 bits per heavy atom. The fourth-order valence-electron chi connectivity index (χ4n) is 0.943. The molecule has 1 rings (SSSR count). The highest BCUT2D eigenvalue weighted by molar-refractivity contribution is 9.10. The molecule has 0 aliphatic heterocycles. The summed E-state index contributed by atoms with van der Waals surface area (Å²) in [6, 6.07) is 6.82. The standard InChI is InChI=1S/C9H7Br3F2/c10-5-9(13,14)8(12)6-1-3-7(11)4-2-6/h1-4,8H,5H2. The van der Waals surface area contributed by atoms with Gasteiger partial charge in [-0.25, -0.2) is 8.78 Å². The lowest BCUT2D eigenvalue weighted by Crippen LogP contribution is -2.23. The van der Waals surface area contributed by atoms with E-state index in [0.29, 0.717) is 5.56 Å². The Balaban J connectivity index is 2.89. The summed E-state index contributed by atoms with van der Waals surface area (Å²) >= 11 is 9.04. The first kappa shape index (κ1) is 12.6. The molecule has 0 aliphatic rings. The number of benzene rings is 1. The Hall–Kier alpha value is 0.520. The van der Waals surface area contributed by atoms with Gasteiger partial charge in [-0.2, -0.15) is 0 Å². The first-order valence-corrected chi connectivity index (χ1v) is 6.63. The number of hydrogen-bond acceptors (Lipinski definition) is 0. The average molecular weight is 393 g/mol. The zero-order chi connectivity index (χ0) is 10.8. The maximum Gasteiger partial charge on any atom is 0.273 e. The molecule has 1 atom stereocenters. The molecule has 0 N–H and O–H groups in total. The molecular formula is C9H7Br3F2. The molecule has 0 radical (unpaired) electrons. The van der Waals surface area contributed by atoms with E-state index in [-0.39, 0.29) is 5.33 Å². The van der Waals surface area contributed by atoms with E-state index >= 15 is 0 Å². The van der Waals surface area contributed by atoms with Crippen LogP contribution in [0.1, 0.15) is 10.4 Å². The van der Waals surface area contributed by atoms with E-state index in [0.717, 1.165) is 4.47 Å². The van der Waals surface area contributed by atoms with Gasteiger partial charge < -0.3 is 0 Å². The van der Waals surface area contributed by atoms with Crippen molar-refractivity contribution in [3.63, 3.8) is 0 Å². The fourth-order valence-corrected chi connectivity index (χ4v) is 2.43. The van der Waals surface area contributed by atoms with E-state index in [2.05, 4.69) is 47.8 Å². The summed E-state index contributed by atoms with van der Waals surface area (Å²) in [5, 5.41) is -0.355. The van der Waals surface area contributed by atoms with Crippen LogP contribution < -0.4 is 0 Å². The van der Waals surface area contributed by atoms with Crippen molar-refractivity contribution in [1.29, 1.82) is 0 Å². The lowest BCUT2D eigenvalue weighted by Gasteiger charge is -2.20. The molecule has 1 aromatic carbocycles. The second kappa shape index (κ2) is 5.03. The maximum atomic E-state index is 13.2. The lowest BCUT2D eigenvalue weighted by atomic mass is 10.1. The highest BCUT2D eigenvalue weighted by atomic mass is 79.9. The summed E-state index contributed by atoms with van der Waals surface area (Å²) in [7, 11) is 0. The minimum absolute atomic E-state index is 0.355. The van der Waals surface area contributed by atoms with Gasteiger partial charge in [-0.05, 0) is 17.7 Å². The summed E-state index contributed by atoms with van der Waals surface area (Å²) < 4.78 is 27.3. The van der Waals surface area contributed by atoms with Crippen LogP contribution in [-0.4, -0.2) is 11.3 Å². The molecule has 0 heterocycles. The molecule has 0 aliphatic carbocycles. The van der Waals surface area contributed by atoms with E-state index < -0.39 is 10.7 Å². The normalized spacial score (nSPS) is 14.1. The van der Waals surface area contributed by atoms with E-state index in [1.54, 1.807) is 24.3 Å². The van der Waals surface area contributed by atoms with E-state index in [1.165, 1.54) is 0 Å². The molecule has 1 unspecified atom stereocenters. The SMILES string of the molecule is FC(F)(CBr)C(Br)c1ccc(Br)cc1. The van der Waals surface area contributed by atoms with E-state index in [9.17, 15) is 8.78 Å². The highest BCUT2D eigenvalue weighted by Crippen LogP contribution is 2.39. The summed E-state index contributed by atoms with van der Waals surface area (Å²) in [6.45, 7) is 0. The van der Waals surface area contributed by atoms with Gasteiger partial charge in [-0.15, -0.1) is 0 Å². The van der Waals surface area contributed by atoms with Crippen LogP contribution in [0.2, 0.25) is 0 Å². The molecule has 1 aromatic rings. The smallest absolute Gasteiger partial charge is 0.204 e. The van der Waals surface area contributed by atoms with Crippen LogP contribution in [0.4, 0.5) is 8.78 Å². The zero-order valence-corrected chi connectivity index (χ0v) is 11.7. The topological polar surface area (TPSA) is 0 Å². The van der Waals surface area contributed by atoms with Gasteiger partial charge in [0, 0.05) is 4.47 Å². The van der Waals surface area contributed by atoms with Crippen molar-refractivity contribution < 1.29 is 8.78 Å². The molecule has 14 heavy (non-hydrogen) atoms. The Kier molecular flexibility index (Phi) is 4.53. The molecule has 0 aromatic heterocycles. The first-order valence-electron chi connectivity index (χ1n) is 3.80. The second-order valence-electron chi connectivity index (χ2n) is 2.81. The van der Waals surface area contributed by atoms with Gasteiger partial charge in [0.25, 0.3) is 5.92 Å². The summed E-state index contributed by atoms with van der Waals surface area (Å²) in [4.78, 5) is -0.956. The van der Waals surface area contributed by atoms with Crippen LogP contribution in [0.3, 0.4) is 0 Å². The van der Waals surface area contributed by atoms with Crippen molar-refractivity contribution in [2.75, 3.05) is 5.33 Å². The molecule has 0 fully saturated rings. The predicted octanol–water partition coefficient (Wildman–Crippen LogP) is 4.92. The molecule has 0 bridgehead atoms. The molecule has 5 heteroatoms. The van der Waals surface area contributed by atoms with Crippen molar-refractivity contribution in [1.82, 2.24) is 0 Å². The van der Waals surface area contributed by atoms with Crippen LogP contribution in [-0.2, 0) is 0 Å². The second-order valence-corrected chi connectivity index (χ2v) is 5.20. The zero-order valence-electron chi connectivity index (χ0n) is 6.98. The van der Waals surface area contributed by atoms with Gasteiger partial charge in [0.15, 0.2) is 0 Å². The third-order valence-electron chi connectivity index (χ3n) is 1.71. The largest absolute Gasteiger partial charge is 0.273 e. The Bertz CT molecular complexity index is 297. The Morgan fingerprint density at radius 1 is 1.21 bits per heavy atom. The quantitative estimate of drug-likeness (QED) is 0.641. The predicted molar refractivity (Wildman–Crippen MR) is 64.6 cm³/mol. The van der Waals surface area contributed by atoms with Gasteiger partial charge in [0.2, 0.25) is 0 Å². The summed E-state index contributed by atoms with van der Waals surface area (Å²) in [5.74, 6) is -2.78. The first-order chi connectivity index (χ1) is 6.47. The number of hydrogen-bond donors (Lipinski definition) is 0. The molecule has 0 saturated heterocycles. The minimum atomic E-state index is -2.78. The van der Waals surface area contributed by atoms with Crippen LogP contribution in [0.15, 0.2) is 28.7 Å². The van der Waals surface area contributed by atoms with E-state index in [1.807, 2.05) is 0 Å². The van der Waals surface area contributed by atoms with Gasteiger partial charge in [0.1, 0.15) is 4.83 Å². The molecule has 78 valence electrons. The third kappa shape index (κ3) is 3.00. The lowest BCUT2D eigenvalue weighted by molar-refractivity contribution is 0.0280. The van der Waals surface area contributed by atoms with E-state index in [4.69, 9.17) is 0 Å². The Morgan fingerprint density at radius 3 is 2.14 bits per heavy atom. The van der Waals surface area contributed by atoms with Gasteiger partial charge in [-0.1, -0.05) is 59.9 Å². The highest BCUT2D eigenvalue weighted by Gasteiger charge is 2.37. The summed E-state index contributed by atoms with van der Waals surface area (Å²) in [6.07, 6.45) is 0. The van der Waals surface area contributed by atoms with Crippen molar-refractivity contribution in [3.8, 4) is 0 Å². The number of alkyl halides is 4. The van der Waals surface area contributed by atoms with Gasteiger partial charge >= 0.3 is 0 Å². The van der Waals surface area contributed by atoms with Gasteiger partial charge in [0.05, 0.1) is 5.33 Å². The number of halogens is 5. The minimum Gasteiger partial charge on any atom is -0.204 e. The van der Waals surface area contributed by atoms with Crippen LogP contribution in [0.5, 0.6) is 0 Å². The molecule has 0 spiro atoms. The fraction of sp³-hybridized carbons (Fsp3) is 0.333. The third-order valence-corrected chi connectivity index (χ3v) is 4.19. The Labute approximate surface area is 106 Å². The number of rotatable bonds is 3. The summed E-state index contributed by atoms with van der Waals surface area (Å²) in [5.41, 5.74) is 0.567. The van der Waals surface area contributed by atoms with Crippen molar-refractivity contribution in [2.45, 2.75) is 10.7 Å². The average Bonchev–Trinajstić information content (AvgIpc) is 2.18. The van der Waals surface area contributed by atoms with Crippen LogP contribution >= 0.6 is 47.8 Å². The van der Waals surface area contributed by atoms with Crippen molar-refractivity contribution in [3.05, 3.63) is 34.3 Å².